The van der Waals surface area contributed by atoms with Gasteiger partial charge in [0.1, 0.15) is 6.54 Å². The summed E-state index contributed by atoms with van der Waals surface area (Å²) in [5, 5.41) is 2.14. The molecule has 0 bridgehead atoms. The molecule has 2 unspecified atom stereocenters. The van der Waals surface area contributed by atoms with E-state index in [0.29, 0.717) is 6.54 Å². The second-order valence-electron chi connectivity index (χ2n) is 9.39. The average molecular weight is 453 g/mol. The molecule has 4 rings (SSSR count). The molecule has 1 aromatic heterocycles. The Balaban J connectivity index is 1.56. The van der Waals surface area contributed by atoms with Crippen molar-refractivity contribution in [2.75, 3.05) is 13.1 Å². The molecule has 0 spiro atoms. The number of carbonyl (C=O) groups is 2. The molecular weight excluding hydrogens is 416 g/mol. The Bertz CT molecular complexity index is 931. The lowest BCUT2D eigenvalue weighted by molar-refractivity contribution is -0.144. The number of amides is 2. The monoisotopic (exact) mass is 452 g/mol. The number of aryl methyl sites for hydroxylation is 1. The number of unbranched alkanes of at least 4 members (excludes halogenated alkanes) is 1. The van der Waals surface area contributed by atoms with E-state index < -0.39 is 0 Å². The van der Waals surface area contributed by atoms with Crippen molar-refractivity contribution in [1.29, 1.82) is 0 Å². The zero-order chi connectivity index (χ0) is 22.7. The van der Waals surface area contributed by atoms with Gasteiger partial charge in [-0.05, 0) is 61.6 Å². The predicted octanol–water partition coefficient (Wildman–Crippen LogP) is 5.74. The van der Waals surface area contributed by atoms with Crippen LogP contribution in [0.5, 0.6) is 0 Å². The highest BCUT2D eigenvalue weighted by Crippen LogP contribution is 2.38. The molecule has 172 valence electrons. The fourth-order valence-electron chi connectivity index (χ4n) is 4.89. The van der Waals surface area contributed by atoms with E-state index in [1.54, 1.807) is 11.3 Å². The van der Waals surface area contributed by atoms with E-state index in [1.807, 2.05) is 9.80 Å². The van der Waals surface area contributed by atoms with Gasteiger partial charge >= 0.3 is 0 Å². The molecule has 1 saturated carbocycles. The van der Waals surface area contributed by atoms with Gasteiger partial charge in [0.05, 0.1) is 6.04 Å². The summed E-state index contributed by atoms with van der Waals surface area (Å²) in [5.41, 5.74) is 3.62. The van der Waals surface area contributed by atoms with Crippen molar-refractivity contribution in [2.45, 2.75) is 77.8 Å². The summed E-state index contributed by atoms with van der Waals surface area (Å²) in [5.74, 6) is 0.316. The average Bonchev–Trinajstić information content (AvgIpc) is 3.53. The van der Waals surface area contributed by atoms with Gasteiger partial charge in [0.2, 0.25) is 11.8 Å². The Morgan fingerprint density at radius 3 is 2.56 bits per heavy atom. The van der Waals surface area contributed by atoms with E-state index in [1.165, 1.54) is 16.0 Å². The summed E-state index contributed by atoms with van der Waals surface area (Å²) in [6.45, 7) is 7.28. The molecular formula is C27H36N2O2S. The zero-order valence-corrected chi connectivity index (χ0v) is 20.5. The van der Waals surface area contributed by atoms with Crippen LogP contribution >= 0.6 is 11.3 Å². The molecule has 2 aliphatic rings. The fraction of sp³-hybridized carbons (Fsp3) is 0.556. The van der Waals surface area contributed by atoms with E-state index in [9.17, 15) is 9.59 Å². The minimum absolute atomic E-state index is 0.0427. The third kappa shape index (κ3) is 4.93. The van der Waals surface area contributed by atoms with Crippen LogP contribution in [-0.2, 0) is 16.0 Å². The maximum atomic E-state index is 13.7. The van der Waals surface area contributed by atoms with Crippen molar-refractivity contribution in [2.24, 2.45) is 5.92 Å². The maximum absolute atomic E-state index is 13.7. The van der Waals surface area contributed by atoms with E-state index in [4.69, 9.17) is 0 Å². The van der Waals surface area contributed by atoms with E-state index >= 15 is 0 Å². The second kappa shape index (κ2) is 10.2. The lowest BCUT2D eigenvalue weighted by atomic mass is 9.92. The van der Waals surface area contributed by atoms with Crippen LogP contribution in [0, 0.1) is 12.8 Å². The Hall–Kier alpha value is -2.14. The highest BCUT2D eigenvalue weighted by molar-refractivity contribution is 7.10. The van der Waals surface area contributed by atoms with Gasteiger partial charge in [-0.25, -0.2) is 0 Å². The normalized spacial score (nSPS) is 18.8. The minimum Gasteiger partial charge on any atom is -0.330 e. The predicted molar refractivity (Wildman–Crippen MR) is 131 cm³/mol. The van der Waals surface area contributed by atoms with Gasteiger partial charge in [-0.1, -0.05) is 56.5 Å². The lowest BCUT2D eigenvalue weighted by Gasteiger charge is -2.38. The van der Waals surface area contributed by atoms with Crippen LogP contribution in [0.3, 0.4) is 0 Å². The molecule has 2 atom stereocenters. The van der Waals surface area contributed by atoms with Gasteiger partial charge in [0, 0.05) is 23.4 Å². The summed E-state index contributed by atoms with van der Waals surface area (Å²) in [4.78, 5) is 32.4. The van der Waals surface area contributed by atoms with Crippen LogP contribution in [0.1, 0.15) is 80.0 Å². The molecule has 32 heavy (non-hydrogen) atoms. The van der Waals surface area contributed by atoms with Crippen LogP contribution in [0.15, 0.2) is 35.7 Å². The number of carbonyl (C=O) groups excluding carboxylic acids is 2. The first kappa shape index (κ1) is 23.0. The van der Waals surface area contributed by atoms with Crippen LogP contribution in [-0.4, -0.2) is 40.7 Å². The van der Waals surface area contributed by atoms with Crippen molar-refractivity contribution < 1.29 is 9.59 Å². The van der Waals surface area contributed by atoms with Crippen molar-refractivity contribution in [3.63, 3.8) is 0 Å². The summed E-state index contributed by atoms with van der Waals surface area (Å²) in [7, 11) is 0. The Morgan fingerprint density at radius 2 is 1.91 bits per heavy atom. The number of rotatable bonds is 9. The molecule has 1 aliphatic carbocycles. The zero-order valence-electron chi connectivity index (χ0n) is 19.7. The first-order chi connectivity index (χ1) is 15.5. The number of hydrogen-bond acceptors (Lipinski definition) is 3. The summed E-state index contributed by atoms with van der Waals surface area (Å²) < 4.78 is 0. The number of hydrogen-bond donors (Lipinski definition) is 0. The standard InChI is InChI=1S/C27H36N2O2S/c1-4-6-7-20(5-2)27(31)29(22-12-13-22)18-25(30)28-16-14-24-23(15-17-32-24)26(28)21-10-8-19(3)9-11-21/h8-11,15,17,20,22,26H,4-7,12-14,16,18H2,1-3H3. The molecule has 4 nitrogen and oxygen atoms in total. The number of fused-ring (bicyclic) bond motifs is 1. The van der Waals surface area contributed by atoms with E-state index in [-0.39, 0.29) is 36.4 Å². The van der Waals surface area contributed by atoms with E-state index in [2.05, 4.69) is 56.5 Å². The van der Waals surface area contributed by atoms with Crippen molar-refractivity contribution in [3.05, 3.63) is 57.3 Å². The van der Waals surface area contributed by atoms with Crippen molar-refractivity contribution in [1.82, 2.24) is 9.80 Å². The summed E-state index contributed by atoms with van der Waals surface area (Å²) in [6.07, 6.45) is 6.90. The molecule has 1 aromatic carbocycles. The molecule has 2 amide bonds. The Kier molecular flexibility index (Phi) is 7.34. The van der Waals surface area contributed by atoms with Crippen LogP contribution < -0.4 is 0 Å². The Labute approximate surface area is 196 Å². The molecule has 2 aromatic rings. The third-order valence-electron chi connectivity index (χ3n) is 7.00. The van der Waals surface area contributed by atoms with Gasteiger partial charge in [-0.2, -0.15) is 0 Å². The second-order valence-corrected chi connectivity index (χ2v) is 10.4. The molecule has 5 heteroatoms. The smallest absolute Gasteiger partial charge is 0.243 e. The number of benzene rings is 1. The number of nitrogens with zero attached hydrogens (tertiary/aromatic N) is 2. The lowest BCUT2D eigenvalue weighted by Crippen LogP contribution is -2.48. The molecule has 1 aliphatic heterocycles. The van der Waals surface area contributed by atoms with Gasteiger partial charge in [0.15, 0.2) is 0 Å². The van der Waals surface area contributed by atoms with Gasteiger partial charge in [0.25, 0.3) is 0 Å². The highest BCUT2D eigenvalue weighted by Gasteiger charge is 2.39. The quantitative estimate of drug-likeness (QED) is 0.487. The third-order valence-corrected chi connectivity index (χ3v) is 8.00. The highest BCUT2D eigenvalue weighted by atomic mass is 32.1. The van der Waals surface area contributed by atoms with Crippen LogP contribution in [0.25, 0.3) is 0 Å². The van der Waals surface area contributed by atoms with Crippen LogP contribution in [0.4, 0.5) is 0 Å². The SMILES string of the molecule is CCCCC(CC)C(=O)N(CC(=O)N1CCc2sccc2C1c1ccc(C)cc1)C1CC1. The topological polar surface area (TPSA) is 40.6 Å². The summed E-state index contributed by atoms with van der Waals surface area (Å²) >= 11 is 1.79. The van der Waals surface area contributed by atoms with E-state index in [0.717, 1.165) is 50.5 Å². The maximum Gasteiger partial charge on any atom is 0.243 e. The molecule has 2 heterocycles. The Morgan fingerprint density at radius 1 is 1.16 bits per heavy atom. The minimum atomic E-state index is -0.0590. The summed E-state index contributed by atoms with van der Waals surface area (Å²) in [6, 6.07) is 10.9. The molecule has 1 fully saturated rings. The van der Waals surface area contributed by atoms with Gasteiger partial charge in [-0.3, -0.25) is 9.59 Å². The largest absolute Gasteiger partial charge is 0.330 e. The number of thiophene rings is 1. The van der Waals surface area contributed by atoms with Crippen LogP contribution in [0.2, 0.25) is 0 Å². The van der Waals surface area contributed by atoms with Crippen molar-refractivity contribution in [3.8, 4) is 0 Å². The van der Waals surface area contributed by atoms with Gasteiger partial charge in [-0.15, -0.1) is 11.3 Å². The molecule has 0 radical (unpaired) electrons. The first-order valence-electron chi connectivity index (χ1n) is 12.3. The molecule has 0 saturated heterocycles. The van der Waals surface area contributed by atoms with Gasteiger partial charge < -0.3 is 9.80 Å². The first-order valence-corrected chi connectivity index (χ1v) is 13.1. The molecule has 0 N–H and O–H groups in total. The van der Waals surface area contributed by atoms with Crippen molar-refractivity contribution >= 4 is 23.2 Å². The fourth-order valence-corrected chi connectivity index (χ4v) is 5.79.